The van der Waals surface area contributed by atoms with Crippen LogP contribution in [0.5, 0.6) is 0 Å². The summed E-state index contributed by atoms with van der Waals surface area (Å²) in [6.45, 7) is 8.92. The van der Waals surface area contributed by atoms with Crippen LogP contribution in [0.25, 0.3) is 0 Å². The number of anilines is 2. The molecule has 1 aromatic rings. The van der Waals surface area contributed by atoms with Gasteiger partial charge in [0, 0.05) is 42.6 Å². The zero-order chi connectivity index (χ0) is 18.1. The van der Waals surface area contributed by atoms with Gasteiger partial charge in [0.05, 0.1) is 0 Å². The summed E-state index contributed by atoms with van der Waals surface area (Å²) in [4.78, 5) is 15.9. The van der Waals surface area contributed by atoms with Crippen LogP contribution >= 0.6 is 0 Å². The first kappa shape index (κ1) is 18.3. The summed E-state index contributed by atoms with van der Waals surface area (Å²) in [7, 11) is 0. The Labute approximate surface area is 141 Å². The van der Waals surface area contributed by atoms with Crippen LogP contribution < -0.4 is 10.6 Å². The molecule has 1 fully saturated rings. The molecule has 0 bridgehead atoms. The molecule has 1 atom stereocenters. The van der Waals surface area contributed by atoms with Gasteiger partial charge in [0.25, 0.3) is 6.43 Å². The number of nitrogens with two attached hydrogens (primary N) is 1. The lowest BCUT2D eigenvalue weighted by atomic mass is 10.1. The smallest absolute Gasteiger partial charge is 0.410 e. The molecule has 1 heterocycles. The first-order valence-electron chi connectivity index (χ1n) is 8.00. The van der Waals surface area contributed by atoms with Crippen molar-refractivity contribution in [3.8, 4) is 0 Å². The molecule has 5 nitrogen and oxygen atoms in total. The van der Waals surface area contributed by atoms with Crippen LogP contribution in [0, 0.1) is 0 Å². The van der Waals surface area contributed by atoms with Crippen molar-refractivity contribution in [3.05, 3.63) is 23.8 Å². The molecule has 2 rings (SSSR count). The van der Waals surface area contributed by atoms with Crippen molar-refractivity contribution in [1.82, 2.24) is 4.90 Å². The molecule has 0 aromatic heterocycles. The lowest BCUT2D eigenvalue weighted by Crippen LogP contribution is -2.55. The van der Waals surface area contributed by atoms with Crippen LogP contribution in [0.4, 0.5) is 25.0 Å². The first-order valence-corrected chi connectivity index (χ1v) is 8.00. The second-order valence-corrected chi connectivity index (χ2v) is 7.13. The van der Waals surface area contributed by atoms with Crippen LogP contribution in [0.1, 0.15) is 39.7 Å². The van der Waals surface area contributed by atoms with Crippen LogP contribution in [0.2, 0.25) is 0 Å². The molecular formula is C17H25F2N3O2. The highest BCUT2D eigenvalue weighted by atomic mass is 19.3. The minimum atomic E-state index is -2.56. The number of nitrogens with zero attached hydrogens (tertiary/aromatic N) is 2. The maximum absolute atomic E-state index is 13.0. The molecule has 7 heteroatoms. The summed E-state index contributed by atoms with van der Waals surface area (Å²) in [5.41, 5.74) is 6.06. The van der Waals surface area contributed by atoms with Crippen LogP contribution in [0.3, 0.4) is 0 Å². The zero-order valence-corrected chi connectivity index (χ0v) is 14.6. The number of hydrogen-bond donors (Lipinski definition) is 1. The first-order chi connectivity index (χ1) is 11.1. The van der Waals surface area contributed by atoms with Crippen molar-refractivity contribution >= 4 is 17.5 Å². The van der Waals surface area contributed by atoms with Gasteiger partial charge in [0.15, 0.2) is 0 Å². The number of hydrogen-bond acceptors (Lipinski definition) is 4. The van der Waals surface area contributed by atoms with Gasteiger partial charge in [-0.15, -0.1) is 0 Å². The molecule has 1 unspecified atom stereocenters. The fraction of sp³-hybridized carbons (Fsp3) is 0.588. The molecule has 134 valence electrons. The van der Waals surface area contributed by atoms with E-state index in [0.29, 0.717) is 31.0 Å². The highest BCUT2D eigenvalue weighted by Gasteiger charge is 2.31. The lowest BCUT2D eigenvalue weighted by Gasteiger charge is -2.41. The minimum absolute atomic E-state index is 0.0905. The Hall–Kier alpha value is -2.05. The molecule has 0 saturated carbocycles. The third kappa shape index (κ3) is 4.49. The Bertz CT molecular complexity index is 602. The van der Waals surface area contributed by atoms with Crippen molar-refractivity contribution < 1.29 is 18.3 Å². The summed E-state index contributed by atoms with van der Waals surface area (Å²) in [6, 6.07) is 4.33. The second kappa shape index (κ2) is 6.83. The van der Waals surface area contributed by atoms with Crippen molar-refractivity contribution in [2.75, 3.05) is 30.3 Å². The molecule has 1 saturated heterocycles. The minimum Gasteiger partial charge on any atom is -0.444 e. The molecule has 24 heavy (non-hydrogen) atoms. The number of benzene rings is 1. The number of piperazine rings is 1. The van der Waals surface area contributed by atoms with E-state index >= 15 is 0 Å². The third-order valence-corrected chi connectivity index (χ3v) is 3.84. The summed E-state index contributed by atoms with van der Waals surface area (Å²) in [6.07, 6.45) is -2.91. The van der Waals surface area contributed by atoms with Gasteiger partial charge < -0.3 is 20.3 Å². The van der Waals surface area contributed by atoms with Crippen LogP contribution in [-0.4, -0.2) is 42.3 Å². The Balaban J connectivity index is 2.09. The standard InChI is InChI=1S/C17H25F2N3O2/c1-11-10-21(5-6-22(11)16(23)24-17(2,3)4)14-8-12(15(18)19)7-13(20)9-14/h7-9,11,15H,5-6,10,20H2,1-4H3. The molecule has 1 aromatic carbocycles. The number of carbonyl (C=O) groups is 1. The highest BCUT2D eigenvalue weighted by molar-refractivity contribution is 5.69. The van der Waals surface area contributed by atoms with Crippen molar-refractivity contribution in [1.29, 1.82) is 0 Å². The summed E-state index contributed by atoms with van der Waals surface area (Å²) < 4.78 is 31.3. The number of ether oxygens (including phenoxy) is 1. The Morgan fingerprint density at radius 1 is 1.29 bits per heavy atom. The average Bonchev–Trinajstić information content (AvgIpc) is 2.44. The third-order valence-electron chi connectivity index (χ3n) is 3.84. The van der Waals surface area contributed by atoms with E-state index in [4.69, 9.17) is 10.5 Å². The number of nitrogen functional groups attached to an aromatic ring is 1. The van der Waals surface area contributed by atoms with Gasteiger partial charge >= 0.3 is 6.09 Å². The van der Waals surface area contributed by atoms with Gasteiger partial charge in [-0.05, 0) is 45.9 Å². The number of carbonyl (C=O) groups excluding carboxylic acids is 1. The van der Waals surface area contributed by atoms with E-state index in [-0.39, 0.29) is 17.7 Å². The number of alkyl halides is 2. The molecule has 0 aliphatic carbocycles. The molecular weight excluding hydrogens is 316 g/mol. The van der Waals surface area contributed by atoms with E-state index in [2.05, 4.69) is 0 Å². The van der Waals surface area contributed by atoms with Crippen molar-refractivity contribution in [2.24, 2.45) is 0 Å². The molecule has 0 spiro atoms. The summed E-state index contributed by atoms with van der Waals surface area (Å²) >= 11 is 0. The van der Waals surface area contributed by atoms with Gasteiger partial charge in [-0.1, -0.05) is 0 Å². The predicted octanol–water partition coefficient (Wildman–Crippen LogP) is 3.65. The van der Waals surface area contributed by atoms with E-state index in [1.165, 1.54) is 12.1 Å². The molecule has 1 aliphatic heterocycles. The van der Waals surface area contributed by atoms with Gasteiger partial charge in [-0.25, -0.2) is 13.6 Å². The van der Waals surface area contributed by atoms with Crippen LogP contribution in [0.15, 0.2) is 18.2 Å². The molecule has 1 aliphatic rings. The fourth-order valence-electron chi connectivity index (χ4n) is 2.75. The Morgan fingerprint density at radius 2 is 1.96 bits per heavy atom. The van der Waals surface area contributed by atoms with Crippen LogP contribution in [-0.2, 0) is 4.74 Å². The van der Waals surface area contributed by atoms with Crippen molar-refractivity contribution in [3.63, 3.8) is 0 Å². The van der Waals surface area contributed by atoms with E-state index in [0.717, 1.165) is 0 Å². The Morgan fingerprint density at radius 3 is 2.50 bits per heavy atom. The maximum Gasteiger partial charge on any atom is 0.410 e. The van der Waals surface area contributed by atoms with E-state index in [9.17, 15) is 13.6 Å². The number of rotatable bonds is 2. The molecule has 1 amide bonds. The molecule has 2 N–H and O–H groups in total. The van der Waals surface area contributed by atoms with E-state index < -0.39 is 12.0 Å². The van der Waals surface area contributed by atoms with Gasteiger partial charge in [0.2, 0.25) is 0 Å². The SMILES string of the molecule is CC1CN(c2cc(N)cc(C(F)F)c2)CCN1C(=O)OC(C)(C)C. The normalized spacial score (nSPS) is 18.9. The van der Waals surface area contributed by atoms with Gasteiger partial charge in [-0.3, -0.25) is 0 Å². The summed E-state index contributed by atoms with van der Waals surface area (Å²) in [5.74, 6) is 0. The second-order valence-electron chi connectivity index (χ2n) is 7.13. The summed E-state index contributed by atoms with van der Waals surface area (Å²) in [5, 5.41) is 0. The van der Waals surface area contributed by atoms with Crippen molar-refractivity contribution in [2.45, 2.75) is 45.8 Å². The number of amides is 1. The predicted molar refractivity (Wildman–Crippen MR) is 90.4 cm³/mol. The van der Waals surface area contributed by atoms with E-state index in [1.807, 2.05) is 32.6 Å². The Kier molecular flexibility index (Phi) is 5.20. The van der Waals surface area contributed by atoms with E-state index in [1.54, 1.807) is 11.0 Å². The van der Waals surface area contributed by atoms with Gasteiger partial charge in [0.1, 0.15) is 5.60 Å². The highest BCUT2D eigenvalue weighted by Crippen LogP contribution is 2.29. The largest absolute Gasteiger partial charge is 0.444 e. The molecule has 0 radical (unpaired) electrons. The number of halogens is 2. The lowest BCUT2D eigenvalue weighted by molar-refractivity contribution is 0.0159. The average molecular weight is 341 g/mol. The fourth-order valence-corrected chi connectivity index (χ4v) is 2.75. The maximum atomic E-state index is 13.0. The monoisotopic (exact) mass is 341 g/mol. The van der Waals surface area contributed by atoms with Gasteiger partial charge in [-0.2, -0.15) is 0 Å². The quantitative estimate of drug-likeness (QED) is 0.834. The topological polar surface area (TPSA) is 58.8 Å². The zero-order valence-electron chi connectivity index (χ0n) is 14.6.